The fourth-order valence-electron chi connectivity index (χ4n) is 3.62. The Hall–Kier alpha value is -3.58. The van der Waals surface area contributed by atoms with Gasteiger partial charge < -0.3 is 14.6 Å². The molecule has 6 nitrogen and oxygen atoms in total. The topological polar surface area (TPSA) is 69.0 Å². The molecule has 0 aliphatic carbocycles. The van der Waals surface area contributed by atoms with Crippen LogP contribution in [0.5, 0.6) is 5.75 Å². The van der Waals surface area contributed by atoms with E-state index < -0.39 is 0 Å². The third-order valence-electron chi connectivity index (χ3n) is 5.40. The van der Waals surface area contributed by atoms with Gasteiger partial charge in [0.2, 0.25) is 5.91 Å². The fourth-order valence-corrected chi connectivity index (χ4v) is 4.45. The number of carbonyl (C=O) groups excluding carboxylic acids is 1. The van der Waals surface area contributed by atoms with Crippen LogP contribution in [0.4, 0.5) is 0 Å². The number of nitrogens with zero attached hydrogens (tertiary/aromatic N) is 3. The zero-order chi connectivity index (χ0) is 23.8. The first kappa shape index (κ1) is 23.6. The molecule has 0 fully saturated rings. The molecule has 0 unspecified atom stereocenters. The van der Waals surface area contributed by atoms with Crippen LogP contribution >= 0.6 is 11.8 Å². The summed E-state index contributed by atoms with van der Waals surface area (Å²) in [6.07, 6.45) is 0. The molecule has 174 valence electrons. The maximum Gasteiger partial charge on any atom is 0.231 e. The normalized spacial score (nSPS) is 10.9. The summed E-state index contributed by atoms with van der Waals surface area (Å²) in [6, 6.07) is 27.7. The highest BCUT2D eigenvalue weighted by Gasteiger charge is 2.18. The van der Waals surface area contributed by atoms with E-state index in [2.05, 4.69) is 15.5 Å². The van der Waals surface area contributed by atoms with Gasteiger partial charge in [-0.05, 0) is 37.1 Å². The van der Waals surface area contributed by atoms with Crippen molar-refractivity contribution in [1.29, 1.82) is 0 Å². The molecule has 0 bridgehead atoms. The minimum absolute atomic E-state index is 0.0641. The maximum absolute atomic E-state index is 12.9. The van der Waals surface area contributed by atoms with Gasteiger partial charge in [-0.1, -0.05) is 90.1 Å². The summed E-state index contributed by atoms with van der Waals surface area (Å²) in [5.74, 6) is 1.70. The van der Waals surface area contributed by atoms with Crippen LogP contribution in [-0.2, 0) is 17.9 Å². The van der Waals surface area contributed by atoms with Crippen LogP contribution < -0.4 is 10.1 Å². The molecule has 0 saturated carbocycles. The summed E-state index contributed by atoms with van der Waals surface area (Å²) >= 11 is 1.38. The zero-order valence-electron chi connectivity index (χ0n) is 19.3. The van der Waals surface area contributed by atoms with Gasteiger partial charge in [0, 0.05) is 6.54 Å². The Morgan fingerprint density at radius 1 is 0.941 bits per heavy atom. The molecular weight excluding hydrogens is 444 g/mol. The van der Waals surface area contributed by atoms with Crippen molar-refractivity contribution in [2.45, 2.75) is 38.2 Å². The van der Waals surface area contributed by atoms with Crippen molar-refractivity contribution in [2.24, 2.45) is 0 Å². The number of thioether (sulfide) groups is 1. The number of hydrogen-bond acceptors (Lipinski definition) is 5. The Morgan fingerprint density at radius 2 is 1.56 bits per heavy atom. The van der Waals surface area contributed by atoms with Crippen molar-refractivity contribution in [3.63, 3.8) is 0 Å². The smallest absolute Gasteiger partial charge is 0.231 e. The molecule has 4 rings (SSSR count). The van der Waals surface area contributed by atoms with Gasteiger partial charge in [-0.3, -0.25) is 4.79 Å². The number of carbonyl (C=O) groups is 1. The van der Waals surface area contributed by atoms with Crippen LogP contribution in [0.3, 0.4) is 0 Å². The van der Waals surface area contributed by atoms with E-state index in [9.17, 15) is 4.79 Å². The van der Waals surface area contributed by atoms with Crippen LogP contribution in [0.25, 0.3) is 0 Å². The molecular formula is C27H28N4O2S. The highest BCUT2D eigenvalue weighted by molar-refractivity contribution is 7.99. The lowest BCUT2D eigenvalue weighted by molar-refractivity contribution is -0.119. The van der Waals surface area contributed by atoms with Crippen molar-refractivity contribution >= 4 is 17.7 Å². The molecule has 1 N–H and O–H groups in total. The van der Waals surface area contributed by atoms with E-state index in [4.69, 9.17) is 4.74 Å². The first-order valence-corrected chi connectivity index (χ1v) is 12.3. The molecule has 0 aliphatic heterocycles. The third kappa shape index (κ3) is 6.05. The summed E-state index contributed by atoms with van der Waals surface area (Å²) in [4.78, 5) is 12.9. The van der Waals surface area contributed by atoms with E-state index in [1.807, 2.05) is 103 Å². The molecule has 1 aromatic heterocycles. The lowest BCUT2D eigenvalue weighted by atomic mass is 9.99. The molecule has 1 heterocycles. The van der Waals surface area contributed by atoms with Crippen LogP contribution in [0, 0.1) is 6.92 Å². The van der Waals surface area contributed by atoms with Crippen molar-refractivity contribution in [1.82, 2.24) is 20.1 Å². The van der Waals surface area contributed by atoms with Crippen LogP contribution in [0.1, 0.15) is 35.5 Å². The molecule has 0 spiro atoms. The molecule has 4 aromatic rings. The number of hydrogen-bond donors (Lipinski definition) is 1. The minimum Gasteiger partial charge on any atom is -0.486 e. The lowest BCUT2D eigenvalue weighted by Crippen LogP contribution is -2.30. The van der Waals surface area contributed by atoms with Gasteiger partial charge in [0.05, 0.1) is 11.8 Å². The van der Waals surface area contributed by atoms with E-state index in [1.54, 1.807) is 0 Å². The van der Waals surface area contributed by atoms with Gasteiger partial charge in [-0.2, -0.15) is 0 Å². The van der Waals surface area contributed by atoms with Gasteiger partial charge in [-0.25, -0.2) is 0 Å². The van der Waals surface area contributed by atoms with Gasteiger partial charge in [0.15, 0.2) is 11.0 Å². The monoisotopic (exact) mass is 472 g/mol. The predicted octanol–water partition coefficient (Wildman–Crippen LogP) is 5.18. The highest BCUT2D eigenvalue weighted by Crippen LogP contribution is 2.23. The molecule has 0 atom stereocenters. The minimum atomic E-state index is -0.210. The highest BCUT2D eigenvalue weighted by atomic mass is 32.2. The Bertz CT molecular complexity index is 1160. The second kappa shape index (κ2) is 11.5. The van der Waals surface area contributed by atoms with E-state index in [0.717, 1.165) is 22.7 Å². The van der Waals surface area contributed by atoms with Crippen LogP contribution in [0.15, 0.2) is 90.1 Å². The van der Waals surface area contributed by atoms with Crippen LogP contribution in [0.2, 0.25) is 0 Å². The number of benzene rings is 3. The van der Waals surface area contributed by atoms with Gasteiger partial charge in [0.25, 0.3) is 0 Å². The third-order valence-corrected chi connectivity index (χ3v) is 6.37. The Morgan fingerprint density at radius 3 is 2.15 bits per heavy atom. The summed E-state index contributed by atoms with van der Waals surface area (Å²) < 4.78 is 7.85. The predicted molar refractivity (Wildman–Crippen MR) is 135 cm³/mol. The number of ether oxygens (including phenoxy) is 1. The number of rotatable bonds is 10. The first-order valence-electron chi connectivity index (χ1n) is 11.3. The second-order valence-corrected chi connectivity index (χ2v) is 8.80. The lowest BCUT2D eigenvalue weighted by Gasteiger charge is -2.20. The molecule has 3 aromatic carbocycles. The number of aromatic nitrogens is 3. The summed E-state index contributed by atoms with van der Waals surface area (Å²) in [7, 11) is 0. The van der Waals surface area contributed by atoms with Gasteiger partial charge in [-0.15, -0.1) is 10.2 Å². The number of amides is 1. The molecule has 0 saturated heterocycles. The maximum atomic E-state index is 12.9. The molecule has 0 aliphatic rings. The number of nitrogens with one attached hydrogen (secondary N) is 1. The molecule has 1 amide bonds. The molecule has 34 heavy (non-hydrogen) atoms. The summed E-state index contributed by atoms with van der Waals surface area (Å²) in [6.45, 7) is 5.09. The van der Waals surface area contributed by atoms with Gasteiger partial charge in [0.1, 0.15) is 12.4 Å². The fraction of sp³-hybridized carbons (Fsp3) is 0.222. The summed E-state index contributed by atoms with van der Waals surface area (Å²) in [5.41, 5.74) is 3.27. The Labute approximate surface area is 204 Å². The van der Waals surface area contributed by atoms with E-state index in [1.165, 1.54) is 17.3 Å². The quantitative estimate of drug-likeness (QED) is 0.322. The standard InChI is InChI=1S/C27H28N4O2S/c1-3-31-24(18-33-23-16-14-20(2)15-17-23)29-30-27(31)34-19-25(32)28-26(21-10-6-4-7-11-21)22-12-8-5-9-13-22/h4-17,26H,3,18-19H2,1-2H3,(H,28,32). The van der Waals surface area contributed by atoms with E-state index in [0.29, 0.717) is 18.3 Å². The van der Waals surface area contributed by atoms with E-state index >= 15 is 0 Å². The second-order valence-electron chi connectivity index (χ2n) is 7.86. The molecule has 0 radical (unpaired) electrons. The Balaban J connectivity index is 1.39. The van der Waals surface area contributed by atoms with E-state index in [-0.39, 0.29) is 17.7 Å². The van der Waals surface area contributed by atoms with Crippen LogP contribution in [-0.4, -0.2) is 26.4 Å². The van der Waals surface area contributed by atoms with Gasteiger partial charge >= 0.3 is 0 Å². The largest absolute Gasteiger partial charge is 0.486 e. The average Bonchev–Trinajstić information content (AvgIpc) is 3.28. The summed E-state index contributed by atoms with van der Waals surface area (Å²) in [5, 5.41) is 12.5. The number of aryl methyl sites for hydroxylation is 1. The zero-order valence-corrected chi connectivity index (χ0v) is 20.2. The average molecular weight is 473 g/mol. The van der Waals surface area contributed by atoms with Crippen molar-refractivity contribution in [3.8, 4) is 5.75 Å². The molecule has 7 heteroatoms. The van der Waals surface area contributed by atoms with Crippen molar-refractivity contribution < 1.29 is 9.53 Å². The Kier molecular flexibility index (Phi) is 7.99. The van der Waals surface area contributed by atoms with Crippen molar-refractivity contribution in [2.75, 3.05) is 5.75 Å². The van der Waals surface area contributed by atoms with Crippen molar-refractivity contribution in [3.05, 3.63) is 107 Å². The first-order chi connectivity index (χ1) is 16.6. The SMILES string of the molecule is CCn1c(COc2ccc(C)cc2)nnc1SCC(=O)NC(c1ccccc1)c1ccccc1.